The average molecular weight is 266 g/mol. The van der Waals surface area contributed by atoms with E-state index in [2.05, 4.69) is 29.6 Å². The Balaban J connectivity index is 1.96. The summed E-state index contributed by atoms with van der Waals surface area (Å²) in [5.74, 6) is 1.00. The molecule has 0 N–H and O–H groups in total. The number of rotatable bonds is 0. The van der Waals surface area contributed by atoms with Crippen molar-refractivity contribution in [1.82, 2.24) is 9.55 Å². The molecule has 0 aliphatic carbocycles. The molecule has 1 aromatic heterocycles. The molecule has 106 valence electrons. The predicted octanol–water partition coefficient (Wildman–Crippen LogP) is 1.71. The zero-order chi connectivity index (χ0) is 13.3. The Morgan fingerprint density at radius 3 is 3.00 bits per heavy atom. The molecule has 1 atom stereocenters. The van der Waals surface area contributed by atoms with Gasteiger partial charge >= 0.3 is 0 Å². The second-order valence-corrected chi connectivity index (χ2v) is 6.08. The van der Waals surface area contributed by atoms with Crippen molar-refractivity contribution in [3.05, 3.63) is 18.2 Å². The van der Waals surface area contributed by atoms with Crippen molar-refractivity contribution in [2.24, 2.45) is 0 Å². The van der Waals surface area contributed by atoms with Crippen molar-refractivity contribution in [2.45, 2.75) is 44.4 Å². The summed E-state index contributed by atoms with van der Waals surface area (Å²) in [6.07, 6.45) is 5.76. The first-order chi connectivity index (χ1) is 9.11. The summed E-state index contributed by atoms with van der Waals surface area (Å²) in [5, 5.41) is 0. The van der Waals surface area contributed by atoms with Gasteiger partial charge in [-0.15, -0.1) is 0 Å². The van der Waals surface area contributed by atoms with Gasteiger partial charge in [0.15, 0.2) is 0 Å². The third-order valence-electron chi connectivity index (χ3n) is 4.02. The van der Waals surface area contributed by atoms with Gasteiger partial charge in [-0.2, -0.15) is 0 Å². The standard InChI is InChI=1S/C14H22N2O3/c1-13(2)10-14(3-6-17-7-8-19-13)11-18-9-12-15-4-5-16(12)14/h4-5H,3,6-11H2,1-2H3. The molecular formula is C14H22N2O3. The molecule has 1 spiro atoms. The molecule has 2 aliphatic heterocycles. The lowest BCUT2D eigenvalue weighted by Gasteiger charge is -2.43. The van der Waals surface area contributed by atoms with E-state index in [-0.39, 0.29) is 11.1 Å². The molecule has 1 fully saturated rings. The molecule has 1 unspecified atom stereocenters. The first-order valence-corrected chi connectivity index (χ1v) is 6.94. The number of hydrogen-bond acceptors (Lipinski definition) is 4. The maximum atomic E-state index is 5.96. The average Bonchev–Trinajstić information content (AvgIpc) is 2.83. The molecule has 0 radical (unpaired) electrons. The zero-order valence-electron chi connectivity index (χ0n) is 11.7. The summed E-state index contributed by atoms with van der Waals surface area (Å²) in [6, 6.07) is 0. The lowest BCUT2D eigenvalue weighted by Crippen LogP contribution is -2.48. The fourth-order valence-electron chi connectivity index (χ4n) is 3.28. The van der Waals surface area contributed by atoms with Crippen LogP contribution in [0.1, 0.15) is 32.5 Å². The molecule has 2 aliphatic rings. The Morgan fingerprint density at radius 2 is 2.11 bits per heavy atom. The van der Waals surface area contributed by atoms with Crippen LogP contribution in [0.15, 0.2) is 12.4 Å². The Labute approximate surface area is 113 Å². The highest BCUT2D eigenvalue weighted by molar-refractivity contribution is 5.05. The first-order valence-electron chi connectivity index (χ1n) is 6.94. The van der Waals surface area contributed by atoms with Gasteiger partial charge in [-0.25, -0.2) is 4.98 Å². The summed E-state index contributed by atoms with van der Waals surface area (Å²) >= 11 is 0. The van der Waals surface area contributed by atoms with Crippen LogP contribution in [-0.2, 0) is 26.4 Å². The second kappa shape index (κ2) is 4.89. The Morgan fingerprint density at radius 1 is 1.21 bits per heavy atom. The van der Waals surface area contributed by atoms with Crippen molar-refractivity contribution in [3.8, 4) is 0 Å². The molecule has 1 aromatic rings. The van der Waals surface area contributed by atoms with E-state index in [4.69, 9.17) is 14.2 Å². The monoisotopic (exact) mass is 266 g/mol. The highest BCUT2D eigenvalue weighted by atomic mass is 16.5. The number of imidazole rings is 1. The second-order valence-electron chi connectivity index (χ2n) is 6.08. The number of fused-ring (bicyclic) bond motifs is 2. The quantitative estimate of drug-likeness (QED) is 0.717. The van der Waals surface area contributed by atoms with E-state index >= 15 is 0 Å². The van der Waals surface area contributed by atoms with Crippen LogP contribution in [0.2, 0.25) is 0 Å². The van der Waals surface area contributed by atoms with E-state index < -0.39 is 0 Å². The highest BCUT2D eigenvalue weighted by Gasteiger charge is 2.42. The minimum Gasteiger partial charge on any atom is -0.379 e. The van der Waals surface area contributed by atoms with Gasteiger partial charge in [0.05, 0.1) is 31.0 Å². The Bertz CT molecular complexity index is 444. The molecule has 19 heavy (non-hydrogen) atoms. The summed E-state index contributed by atoms with van der Waals surface area (Å²) in [7, 11) is 0. The zero-order valence-corrected chi connectivity index (χ0v) is 11.7. The van der Waals surface area contributed by atoms with Gasteiger partial charge in [0.2, 0.25) is 0 Å². The highest BCUT2D eigenvalue weighted by Crippen LogP contribution is 2.37. The SMILES string of the molecule is CC1(C)CC2(CCOCCO1)COCc1nccn12. The molecule has 1 saturated heterocycles. The Kier molecular flexibility index (Phi) is 3.37. The van der Waals surface area contributed by atoms with Crippen LogP contribution in [0.5, 0.6) is 0 Å². The van der Waals surface area contributed by atoms with Gasteiger partial charge in [-0.3, -0.25) is 0 Å². The fourth-order valence-corrected chi connectivity index (χ4v) is 3.28. The maximum Gasteiger partial charge on any atom is 0.135 e. The lowest BCUT2D eigenvalue weighted by atomic mass is 9.83. The van der Waals surface area contributed by atoms with E-state index in [1.54, 1.807) is 0 Å². The molecular weight excluding hydrogens is 244 g/mol. The number of nitrogens with zero attached hydrogens (tertiary/aromatic N) is 2. The van der Waals surface area contributed by atoms with Crippen LogP contribution in [0.3, 0.4) is 0 Å². The fraction of sp³-hybridized carbons (Fsp3) is 0.786. The molecule has 0 aromatic carbocycles. The third-order valence-corrected chi connectivity index (χ3v) is 4.02. The number of aromatic nitrogens is 2. The Hall–Kier alpha value is -0.910. The largest absolute Gasteiger partial charge is 0.379 e. The van der Waals surface area contributed by atoms with Gasteiger partial charge in [0.1, 0.15) is 12.4 Å². The van der Waals surface area contributed by atoms with E-state index in [1.165, 1.54) is 0 Å². The minimum absolute atomic E-state index is 0.0993. The van der Waals surface area contributed by atoms with Crippen LogP contribution in [0, 0.1) is 0 Å². The molecule has 0 bridgehead atoms. The number of ether oxygens (including phenoxy) is 3. The van der Waals surface area contributed by atoms with Crippen molar-refractivity contribution in [2.75, 3.05) is 26.4 Å². The summed E-state index contributed by atoms with van der Waals surface area (Å²) in [4.78, 5) is 4.39. The van der Waals surface area contributed by atoms with E-state index in [9.17, 15) is 0 Å². The van der Waals surface area contributed by atoms with Crippen molar-refractivity contribution in [1.29, 1.82) is 0 Å². The molecule has 3 rings (SSSR count). The molecule has 5 heteroatoms. The van der Waals surface area contributed by atoms with E-state index in [0.717, 1.165) is 25.3 Å². The summed E-state index contributed by atoms with van der Waals surface area (Å²) in [6.45, 7) is 7.64. The normalized spacial score (nSPS) is 31.3. The molecule has 0 saturated carbocycles. The predicted molar refractivity (Wildman–Crippen MR) is 69.9 cm³/mol. The van der Waals surface area contributed by atoms with Gasteiger partial charge < -0.3 is 18.8 Å². The molecule has 5 nitrogen and oxygen atoms in total. The van der Waals surface area contributed by atoms with Gasteiger partial charge in [0.25, 0.3) is 0 Å². The minimum atomic E-state index is -0.185. The van der Waals surface area contributed by atoms with E-state index in [0.29, 0.717) is 26.4 Å². The van der Waals surface area contributed by atoms with Gasteiger partial charge in [-0.1, -0.05) is 0 Å². The summed E-state index contributed by atoms with van der Waals surface area (Å²) in [5.41, 5.74) is -0.284. The topological polar surface area (TPSA) is 45.5 Å². The number of hydrogen-bond donors (Lipinski definition) is 0. The maximum absolute atomic E-state index is 5.96. The first kappa shape index (κ1) is 13.1. The lowest BCUT2D eigenvalue weighted by molar-refractivity contribution is -0.0783. The molecule has 0 amide bonds. The van der Waals surface area contributed by atoms with Crippen molar-refractivity contribution < 1.29 is 14.2 Å². The van der Waals surface area contributed by atoms with Crippen LogP contribution < -0.4 is 0 Å². The van der Waals surface area contributed by atoms with Crippen LogP contribution in [0.4, 0.5) is 0 Å². The van der Waals surface area contributed by atoms with Crippen LogP contribution in [-0.4, -0.2) is 41.6 Å². The van der Waals surface area contributed by atoms with Crippen LogP contribution >= 0.6 is 0 Å². The van der Waals surface area contributed by atoms with Crippen molar-refractivity contribution in [3.63, 3.8) is 0 Å². The van der Waals surface area contributed by atoms with E-state index in [1.807, 2.05) is 6.20 Å². The van der Waals surface area contributed by atoms with Crippen molar-refractivity contribution >= 4 is 0 Å². The smallest absolute Gasteiger partial charge is 0.135 e. The van der Waals surface area contributed by atoms with Gasteiger partial charge in [0, 0.05) is 25.4 Å². The van der Waals surface area contributed by atoms with Gasteiger partial charge in [-0.05, 0) is 20.3 Å². The third kappa shape index (κ3) is 2.55. The molecule has 3 heterocycles. The summed E-state index contributed by atoms with van der Waals surface area (Å²) < 4.78 is 19.7. The van der Waals surface area contributed by atoms with Crippen LogP contribution in [0.25, 0.3) is 0 Å².